The molecule has 0 aromatic rings. The summed E-state index contributed by atoms with van der Waals surface area (Å²) in [5.41, 5.74) is 0. The lowest BCUT2D eigenvalue weighted by atomic mass is 10.0. The normalized spacial score (nSPS) is 14.6. The first-order valence-electron chi connectivity index (χ1n) is 6.31. The van der Waals surface area contributed by atoms with Gasteiger partial charge in [0.05, 0.1) is 6.61 Å². The quantitative estimate of drug-likeness (QED) is 0.640. The van der Waals surface area contributed by atoms with Gasteiger partial charge in [0.1, 0.15) is 0 Å². The summed E-state index contributed by atoms with van der Waals surface area (Å²) in [5.74, 6) is 1.17. The Morgan fingerprint density at radius 3 is 2.31 bits per heavy atom. The Morgan fingerprint density at radius 1 is 1.25 bits per heavy atom. The Morgan fingerprint density at radius 2 is 1.88 bits per heavy atom. The van der Waals surface area contributed by atoms with Crippen molar-refractivity contribution in [3.63, 3.8) is 0 Å². The Labute approximate surface area is 100 Å². The Bertz CT molecular complexity index is 194. The number of hydrogen-bond donors (Lipinski definition) is 0. The Balaban J connectivity index is 4.10. The minimum absolute atomic E-state index is 0.278. The molecule has 1 amide bonds. The van der Waals surface area contributed by atoms with Crippen LogP contribution < -0.4 is 0 Å². The number of carbonyl (C=O) groups is 1. The maximum atomic E-state index is 12.0. The molecule has 0 aromatic carbocycles. The number of ether oxygens (including phenoxy) is 1. The van der Waals surface area contributed by atoms with E-state index in [-0.39, 0.29) is 5.91 Å². The first kappa shape index (κ1) is 15.4. The first-order valence-corrected chi connectivity index (χ1v) is 6.31. The molecule has 96 valence electrons. The van der Waals surface area contributed by atoms with E-state index in [0.29, 0.717) is 24.9 Å². The van der Waals surface area contributed by atoms with E-state index in [1.54, 1.807) is 7.11 Å². The minimum atomic E-state index is 0.278. The average molecular weight is 229 g/mol. The molecule has 0 heterocycles. The summed E-state index contributed by atoms with van der Waals surface area (Å²) < 4.78 is 5.09. The van der Waals surface area contributed by atoms with Crippen molar-refractivity contribution in [3.8, 4) is 0 Å². The second-order valence-corrected chi connectivity index (χ2v) is 4.71. The molecule has 0 spiro atoms. The summed E-state index contributed by atoms with van der Waals surface area (Å²) in [6, 6.07) is 0. The van der Waals surface area contributed by atoms with Gasteiger partial charge < -0.3 is 9.64 Å². The van der Waals surface area contributed by atoms with Crippen molar-refractivity contribution in [3.05, 3.63) is 0 Å². The van der Waals surface area contributed by atoms with Crippen molar-refractivity contribution in [1.29, 1.82) is 0 Å². The molecule has 0 aliphatic carbocycles. The van der Waals surface area contributed by atoms with E-state index >= 15 is 0 Å². The molecule has 0 aliphatic rings. The summed E-state index contributed by atoms with van der Waals surface area (Å²) in [6.07, 6.45) is 1.74. The van der Waals surface area contributed by atoms with E-state index in [1.165, 1.54) is 0 Å². The highest BCUT2D eigenvalue weighted by Gasteiger charge is 2.16. The number of nitrogens with zero attached hydrogens (tertiary/aromatic N) is 1. The van der Waals surface area contributed by atoms with Gasteiger partial charge in [-0.25, -0.2) is 0 Å². The van der Waals surface area contributed by atoms with E-state index in [0.717, 1.165) is 19.5 Å². The van der Waals surface area contributed by atoms with Gasteiger partial charge in [-0.1, -0.05) is 27.2 Å². The Kier molecular flexibility index (Phi) is 8.26. The number of rotatable bonds is 8. The van der Waals surface area contributed by atoms with E-state index in [2.05, 4.69) is 20.8 Å². The van der Waals surface area contributed by atoms with Crippen LogP contribution in [0.5, 0.6) is 0 Å². The van der Waals surface area contributed by atoms with Crippen molar-refractivity contribution in [1.82, 2.24) is 4.90 Å². The molecule has 0 saturated heterocycles. The van der Waals surface area contributed by atoms with Gasteiger partial charge in [0.15, 0.2) is 0 Å². The van der Waals surface area contributed by atoms with Crippen LogP contribution in [0.15, 0.2) is 0 Å². The number of hydrogen-bond acceptors (Lipinski definition) is 2. The van der Waals surface area contributed by atoms with Crippen LogP contribution in [0.4, 0.5) is 0 Å². The topological polar surface area (TPSA) is 29.5 Å². The van der Waals surface area contributed by atoms with Gasteiger partial charge in [0.25, 0.3) is 0 Å². The van der Waals surface area contributed by atoms with Crippen LogP contribution in [-0.4, -0.2) is 37.6 Å². The lowest BCUT2D eigenvalue weighted by molar-refractivity contribution is -0.132. The maximum Gasteiger partial charge on any atom is 0.222 e. The molecule has 0 rings (SSSR count). The van der Waals surface area contributed by atoms with Gasteiger partial charge >= 0.3 is 0 Å². The van der Waals surface area contributed by atoms with Crippen molar-refractivity contribution in [2.45, 2.75) is 40.5 Å². The van der Waals surface area contributed by atoms with Crippen LogP contribution in [0.1, 0.15) is 40.5 Å². The van der Waals surface area contributed by atoms with Crippen molar-refractivity contribution < 1.29 is 9.53 Å². The monoisotopic (exact) mass is 229 g/mol. The van der Waals surface area contributed by atoms with Crippen molar-refractivity contribution in [2.75, 3.05) is 26.8 Å². The third-order valence-electron chi connectivity index (χ3n) is 2.94. The molecule has 0 N–H and O–H groups in total. The summed E-state index contributed by atoms with van der Waals surface area (Å²) >= 11 is 0. The number of amides is 1. The van der Waals surface area contributed by atoms with Gasteiger partial charge in [-0.2, -0.15) is 0 Å². The summed E-state index contributed by atoms with van der Waals surface area (Å²) in [6.45, 7) is 10.7. The molecule has 0 saturated carbocycles. The molecule has 2 unspecified atom stereocenters. The summed E-state index contributed by atoms with van der Waals surface area (Å²) in [5, 5.41) is 0. The lowest BCUT2D eigenvalue weighted by Crippen LogP contribution is -2.36. The fraction of sp³-hybridized carbons (Fsp3) is 0.923. The van der Waals surface area contributed by atoms with Crippen LogP contribution >= 0.6 is 0 Å². The third kappa shape index (κ3) is 6.11. The molecule has 3 nitrogen and oxygen atoms in total. The van der Waals surface area contributed by atoms with Crippen LogP contribution in [0.25, 0.3) is 0 Å². The molecule has 16 heavy (non-hydrogen) atoms. The predicted octanol–water partition coefficient (Wildman–Crippen LogP) is 2.55. The lowest BCUT2D eigenvalue weighted by Gasteiger charge is -2.25. The molecule has 0 bridgehead atoms. The maximum absolute atomic E-state index is 12.0. The molecule has 3 heteroatoms. The largest absolute Gasteiger partial charge is 0.384 e. The second-order valence-electron chi connectivity index (χ2n) is 4.71. The predicted molar refractivity (Wildman–Crippen MR) is 67.4 cm³/mol. The van der Waals surface area contributed by atoms with Crippen molar-refractivity contribution in [2.24, 2.45) is 11.8 Å². The van der Waals surface area contributed by atoms with Gasteiger partial charge in [-0.05, 0) is 18.8 Å². The molecule has 0 aromatic heterocycles. The molecule has 0 aliphatic heterocycles. The van der Waals surface area contributed by atoms with E-state index in [9.17, 15) is 4.79 Å². The molecule has 0 radical (unpaired) electrons. The minimum Gasteiger partial charge on any atom is -0.384 e. The highest BCUT2D eigenvalue weighted by molar-refractivity contribution is 5.76. The zero-order valence-electron chi connectivity index (χ0n) is 11.5. The van der Waals surface area contributed by atoms with E-state index in [1.807, 2.05) is 11.8 Å². The van der Waals surface area contributed by atoms with Crippen LogP contribution in [0.3, 0.4) is 0 Å². The van der Waals surface area contributed by atoms with E-state index < -0.39 is 0 Å². The van der Waals surface area contributed by atoms with Crippen molar-refractivity contribution >= 4 is 5.91 Å². The standard InChI is InChI=1S/C13H27NO2/c1-6-11(3)8-13(15)14(7-2)9-12(4)10-16-5/h11-12H,6-10H2,1-5H3. The zero-order valence-corrected chi connectivity index (χ0v) is 11.5. The van der Waals surface area contributed by atoms with E-state index in [4.69, 9.17) is 4.74 Å². The SMILES string of the molecule is CCC(C)CC(=O)N(CC)CC(C)COC. The summed E-state index contributed by atoms with van der Waals surface area (Å²) in [4.78, 5) is 13.9. The highest BCUT2D eigenvalue weighted by atomic mass is 16.5. The third-order valence-corrected chi connectivity index (χ3v) is 2.94. The van der Waals surface area contributed by atoms with Gasteiger partial charge in [0.2, 0.25) is 5.91 Å². The zero-order chi connectivity index (χ0) is 12.6. The van der Waals surface area contributed by atoms with Gasteiger partial charge in [-0.3, -0.25) is 4.79 Å². The average Bonchev–Trinajstić information content (AvgIpc) is 2.25. The smallest absolute Gasteiger partial charge is 0.222 e. The van der Waals surface area contributed by atoms with Gasteiger partial charge in [0, 0.05) is 26.6 Å². The highest BCUT2D eigenvalue weighted by Crippen LogP contribution is 2.10. The molecular formula is C13H27NO2. The molecule has 0 fully saturated rings. The van der Waals surface area contributed by atoms with Crippen LogP contribution in [-0.2, 0) is 9.53 Å². The molecule has 2 atom stereocenters. The first-order chi connectivity index (χ1) is 7.54. The summed E-state index contributed by atoms with van der Waals surface area (Å²) in [7, 11) is 1.70. The van der Waals surface area contributed by atoms with Crippen LogP contribution in [0, 0.1) is 11.8 Å². The Hall–Kier alpha value is -0.570. The number of methoxy groups -OCH3 is 1. The van der Waals surface area contributed by atoms with Gasteiger partial charge in [-0.15, -0.1) is 0 Å². The second kappa shape index (κ2) is 8.57. The number of carbonyl (C=O) groups excluding carboxylic acids is 1. The fourth-order valence-corrected chi connectivity index (χ4v) is 1.69. The fourth-order valence-electron chi connectivity index (χ4n) is 1.69. The van der Waals surface area contributed by atoms with Crippen LogP contribution in [0.2, 0.25) is 0 Å². The molecular weight excluding hydrogens is 202 g/mol.